The molecular formula is C40H54ClNO7. The van der Waals surface area contributed by atoms with Crippen LogP contribution >= 0.6 is 11.6 Å². The minimum Gasteiger partial charge on any atom is -0.462 e. The standard InChI is InChI=1S/C40H54ClNO7/c1-6-8-9-10-11-12-13-14-15-19-24-49-39(47)28-22-23-30(41)31(26-28)42-38(46)33(37(45)40(3,4)5)32-34(43)29(36(35(32)44)48-7-2)25-27-20-17-16-18-21-27/h16-18,20-23,26,29,32-33,36H,6-15,19,24-25H2,1-5H3,(H,42,46). The number of carbonyl (C=O) groups excluding carboxylic acids is 5. The zero-order chi connectivity index (χ0) is 36.0. The molecule has 4 atom stereocenters. The lowest BCUT2D eigenvalue weighted by molar-refractivity contribution is -0.147. The van der Waals surface area contributed by atoms with Crippen LogP contribution in [0.1, 0.15) is 115 Å². The molecule has 1 aliphatic carbocycles. The van der Waals surface area contributed by atoms with Crippen LogP contribution in [0.2, 0.25) is 5.02 Å². The van der Waals surface area contributed by atoms with Crippen LogP contribution in [0.15, 0.2) is 48.5 Å². The molecule has 0 heterocycles. The summed E-state index contributed by atoms with van der Waals surface area (Å²) in [6, 6.07) is 13.6. The Labute approximate surface area is 297 Å². The summed E-state index contributed by atoms with van der Waals surface area (Å²) in [5.74, 6) is -7.04. The fourth-order valence-electron chi connectivity index (χ4n) is 6.36. The number of rotatable bonds is 20. The number of ether oxygens (including phenoxy) is 2. The average molecular weight is 696 g/mol. The highest BCUT2D eigenvalue weighted by Gasteiger charge is 2.57. The maximum Gasteiger partial charge on any atom is 0.338 e. The molecule has 0 bridgehead atoms. The van der Waals surface area contributed by atoms with E-state index in [0.717, 1.165) is 24.8 Å². The lowest BCUT2D eigenvalue weighted by Crippen LogP contribution is -2.45. The van der Waals surface area contributed by atoms with Crippen molar-refractivity contribution in [2.45, 2.75) is 111 Å². The van der Waals surface area contributed by atoms with Gasteiger partial charge in [0.2, 0.25) is 5.91 Å². The molecular weight excluding hydrogens is 642 g/mol. The maximum atomic E-state index is 14.0. The molecule has 268 valence electrons. The molecule has 1 aliphatic rings. The van der Waals surface area contributed by atoms with Crippen LogP contribution in [0.3, 0.4) is 0 Å². The number of nitrogens with one attached hydrogen (secondary N) is 1. The molecule has 1 saturated carbocycles. The van der Waals surface area contributed by atoms with Gasteiger partial charge >= 0.3 is 5.97 Å². The monoisotopic (exact) mass is 695 g/mol. The van der Waals surface area contributed by atoms with Crippen LogP contribution in [-0.4, -0.2) is 48.5 Å². The molecule has 1 N–H and O–H groups in total. The van der Waals surface area contributed by atoms with E-state index in [4.69, 9.17) is 21.1 Å². The molecule has 4 unspecified atom stereocenters. The van der Waals surface area contributed by atoms with Gasteiger partial charge in [-0.1, -0.05) is 127 Å². The number of carbonyl (C=O) groups is 5. The summed E-state index contributed by atoms with van der Waals surface area (Å²) in [6.45, 7) is 9.32. The average Bonchev–Trinajstić information content (AvgIpc) is 3.28. The van der Waals surface area contributed by atoms with Gasteiger partial charge in [-0.2, -0.15) is 0 Å². The predicted molar refractivity (Wildman–Crippen MR) is 193 cm³/mol. The number of hydrogen-bond donors (Lipinski definition) is 1. The van der Waals surface area contributed by atoms with Crippen molar-refractivity contribution < 1.29 is 33.4 Å². The van der Waals surface area contributed by atoms with Crippen LogP contribution in [-0.2, 0) is 35.1 Å². The van der Waals surface area contributed by atoms with Gasteiger partial charge in [-0.25, -0.2) is 4.79 Å². The van der Waals surface area contributed by atoms with E-state index < -0.39 is 58.5 Å². The number of amides is 1. The van der Waals surface area contributed by atoms with E-state index in [-0.39, 0.29) is 35.9 Å². The molecule has 1 fully saturated rings. The number of esters is 1. The Bertz CT molecular complexity index is 1420. The quantitative estimate of drug-likeness (QED) is 0.0838. The number of hydrogen-bond acceptors (Lipinski definition) is 7. The second-order valence-electron chi connectivity index (χ2n) is 14.0. The summed E-state index contributed by atoms with van der Waals surface area (Å²) < 4.78 is 11.3. The van der Waals surface area contributed by atoms with Gasteiger partial charge in [0.1, 0.15) is 12.0 Å². The summed E-state index contributed by atoms with van der Waals surface area (Å²) >= 11 is 6.43. The van der Waals surface area contributed by atoms with Crippen LogP contribution in [0.5, 0.6) is 0 Å². The van der Waals surface area contributed by atoms with Crippen LogP contribution in [0.4, 0.5) is 5.69 Å². The smallest absolute Gasteiger partial charge is 0.338 e. The predicted octanol–water partition coefficient (Wildman–Crippen LogP) is 8.62. The molecule has 2 aromatic carbocycles. The molecule has 0 saturated heterocycles. The number of benzene rings is 2. The summed E-state index contributed by atoms with van der Waals surface area (Å²) in [5, 5.41) is 2.78. The minimum absolute atomic E-state index is 0.0758. The van der Waals surface area contributed by atoms with Gasteiger partial charge in [0.15, 0.2) is 17.3 Å². The summed E-state index contributed by atoms with van der Waals surface area (Å²) in [7, 11) is 0. The largest absolute Gasteiger partial charge is 0.462 e. The summed E-state index contributed by atoms with van der Waals surface area (Å²) in [5.41, 5.74) is 0.0427. The van der Waals surface area contributed by atoms with Crippen molar-refractivity contribution in [2.24, 2.45) is 23.2 Å². The highest BCUT2D eigenvalue weighted by Crippen LogP contribution is 2.38. The fourth-order valence-corrected chi connectivity index (χ4v) is 6.53. The first-order valence-electron chi connectivity index (χ1n) is 18.0. The van der Waals surface area contributed by atoms with E-state index in [1.54, 1.807) is 27.7 Å². The molecule has 8 nitrogen and oxygen atoms in total. The molecule has 2 aromatic rings. The number of anilines is 1. The number of unbranched alkanes of at least 4 members (excludes halogenated alkanes) is 9. The van der Waals surface area contributed by atoms with Gasteiger partial charge in [0.05, 0.1) is 34.7 Å². The van der Waals surface area contributed by atoms with Crippen LogP contribution in [0, 0.1) is 23.2 Å². The van der Waals surface area contributed by atoms with Crippen molar-refractivity contribution in [3.8, 4) is 0 Å². The molecule has 0 spiro atoms. The molecule has 49 heavy (non-hydrogen) atoms. The second kappa shape index (κ2) is 19.7. The van der Waals surface area contributed by atoms with E-state index >= 15 is 0 Å². The Hall–Kier alpha value is -3.36. The van der Waals surface area contributed by atoms with Crippen molar-refractivity contribution in [2.75, 3.05) is 18.5 Å². The lowest BCUT2D eigenvalue weighted by Gasteiger charge is -2.27. The maximum absolute atomic E-state index is 14.0. The first-order chi connectivity index (χ1) is 23.4. The van der Waals surface area contributed by atoms with E-state index in [1.165, 1.54) is 63.1 Å². The number of Topliss-reactive ketones (excluding diaryl/α,β-unsaturated/α-hetero) is 3. The highest BCUT2D eigenvalue weighted by atomic mass is 35.5. The van der Waals surface area contributed by atoms with Gasteiger partial charge in [-0.05, 0) is 43.5 Å². The molecule has 3 rings (SSSR count). The van der Waals surface area contributed by atoms with Gasteiger partial charge in [0, 0.05) is 12.0 Å². The molecule has 1 amide bonds. The molecule has 0 aromatic heterocycles. The third kappa shape index (κ3) is 11.6. The summed E-state index contributed by atoms with van der Waals surface area (Å²) in [6.07, 6.45) is 10.8. The molecule has 0 radical (unpaired) electrons. The summed E-state index contributed by atoms with van der Waals surface area (Å²) in [4.78, 5) is 68.5. The topological polar surface area (TPSA) is 116 Å². The van der Waals surface area contributed by atoms with Crippen molar-refractivity contribution in [3.63, 3.8) is 0 Å². The normalized spacial score (nSPS) is 18.4. The Morgan fingerprint density at radius 2 is 1.45 bits per heavy atom. The van der Waals surface area contributed by atoms with Gasteiger partial charge < -0.3 is 14.8 Å². The van der Waals surface area contributed by atoms with Crippen molar-refractivity contribution in [1.82, 2.24) is 0 Å². The second-order valence-corrected chi connectivity index (χ2v) is 14.5. The molecule has 9 heteroatoms. The SMILES string of the molecule is CCCCCCCCCCCCOC(=O)c1ccc(Cl)c(NC(=O)C(C(=O)C(C)(C)C)C2C(=O)C(Cc3ccccc3)C(OCC)C2=O)c1. The first kappa shape index (κ1) is 40.1. The third-order valence-corrected chi connectivity index (χ3v) is 9.43. The number of halogens is 1. The van der Waals surface area contributed by atoms with E-state index in [9.17, 15) is 24.0 Å². The zero-order valence-electron chi connectivity index (χ0n) is 29.9. The van der Waals surface area contributed by atoms with Crippen molar-refractivity contribution in [3.05, 3.63) is 64.7 Å². The first-order valence-corrected chi connectivity index (χ1v) is 18.3. The van der Waals surface area contributed by atoms with E-state index in [0.29, 0.717) is 0 Å². The zero-order valence-corrected chi connectivity index (χ0v) is 30.6. The van der Waals surface area contributed by atoms with Gasteiger partial charge in [-0.3, -0.25) is 19.2 Å². The Kier molecular flexibility index (Phi) is 16.1. The lowest BCUT2D eigenvalue weighted by atomic mass is 9.75. The Morgan fingerprint density at radius 3 is 2.04 bits per heavy atom. The Morgan fingerprint density at radius 1 is 0.837 bits per heavy atom. The third-order valence-electron chi connectivity index (χ3n) is 9.10. The Balaban J connectivity index is 1.70. The highest BCUT2D eigenvalue weighted by molar-refractivity contribution is 6.34. The van der Waals surface area contributed by atoms with Crippen LogP contribution in [0.25, 0.3) is 0 Å². The van der Waals surface area contributed by atoms with Crippen molar-refractivity contribution in [1.29, 1.82) is 0 Å². The van der Waals surface area contributed by atoms with Crippen molar-refractivity contribution >= 4 is 46.5 Å². The van der Waals surface area contributed by atoms with Gasteiger partial charge in [-0.15, -0.1) is 0 Å². The number of ketones is 3. The van der Waals surface area contributed by atoms with Gasteiger partial charge in [0.25, 0.3) is 0 Å². The van der Waals surface area contributed by atoms with E-state index in [2.05, 4.69) is 12.2 Å². The fraction of sp³-hybridized carbons (Fsp3) is 0.575. The van der Waals surface area contributed by atoms with Crippen LogP contribution < -0.4 is 5.32 Å². The minimum atomic E-state index is -1.62. The van der Waals surface area contributed by atoms with E-state index in [1.807, 2.05) is 30.3 Å². The molecule has 0 aliphatic heterocycles.